The highest BCUT2D eigenvalue weighted by atomic mass is 32.1. The van der Waals surface area contributed by atoms with E-state index in [1.807, 2.05) is 35.4 Å². The average Bonchev–Trinajstić information content (AvgIpc) is 3.01. The molecule has 0 fully saturated rings. The zero-order valence-corrected chi connectivity index (χ0v) is 11.3. The van der Waals surface area contributed by atoms with Gasteiger partial charge in [-0.2, -0.15) is 15.3 Å². The minimum Gasteiger partial charge on any atom is -0.266 e. The molecule has 0 N–H and O–H groups in total. The molecule has 5 nitrogen and oxygen atoms in total. The summed E-state index contributed by atoms with van der Waals surface area (Å²) in [7, 11) is 0. The van der Waals surface area contributed by atoms with Crippen LogP contribution in [-0.4, -0.2) is 25.0 Å². The van der Waals surface area contributed by atoms with E-state index in [0.29, 0.717) is 6.54 Å². The van der Waals surface area contributed by atoms with Crippen LogP contribution >= 0.6 is 11.3 Å². The summed E-state index contributed by atoms with van der Waals surface area (Å²) in [6, 6.07) is 3.82. The molecule has 0 atom stereocenters. The largest absolute Gasteiger partial charge is 0.266 e. The van der Waals surface area contributed by atoms with Crippen LogP contribution in [0.3, 0.4) is 0 Å². The normalized spacial score (nSPS) is 10.8. The Balaban J connectivity index is 1.69. The molecule has 3 aromatic heterocycles. The van der Waals surface area contributed by atoms with Crippen molar-refractivity contribution in [3.05, 3.63) is 58.1 Å². The Morgan fingerprint density at radius 2 is 2.26 bits per heavy atom. The van der Waals surface area contributed by atoms with E-state index >= 15 is 0 Å². The second-order valence-electron chi connectivity index (χ2n) is 4.30. The van der Waals surface area contributed by atoms with E-state index in [-0.39, 0.29) is 0 Å². The quantitative estimate of drug-likeness (QED) is 0.729. The van der Waals surface area contributed by atoms with Crippen molar-refractivity contribution in [1.82, 2.24) is 25.0 Å². The maximum absolute atomic E-state index is 4.36. The molecule has 0 aromatic carbocycles. The molecule has 0 aliphatic heterocycles. The van der Waals surface area contributed by atoms with E-state index in [1.165, 1.54) is 10.4 Å². The van der Waals surface area contributed by atoms with Gasteiger partial charge in [-0.25, -0.2) is 4.98 Å². The maximum Gasteiger partial charge on any atom is 0.0972 e. The Kier molecular flexibility index (Phi) is 3.33. The molecule has 0 saturated heterocycles. The van der Waals surface area contributed by atoms with Crippen LogP contribution in [0.4, 0.5) is 0 Å². The third kappa shape index (κ3) is 3.03. The minimum atomic E-state index is 0.644. The van der Waals surface area contributed by atoms with Crippen molar-refractivity contribution in [3.63, 3.8) is 0 Å². The third-order valence-corrected chi connectivity index (χ3v) is 3.58. The van der Waals surface area contributed by atoms with Gasteiger partial charge < -0.3 is 0 Å². The lowest BCUT2D eigenvalue weighted by atomic mass is 10.3. The molecule has 0 unspecified atom stereocenters. The van der Waals surface area contributed by atoms with Crippen molar-refractivity contribution >= 4 is 11.3 Å². The second kappa shape index (κ2) is 5.27. The van der Waals surface area contributed by atoms with Crippen LogP contribution in [0.15, 0.2) is 36.9 Å². The van der Waals surface area contributed by atoms with Gasteiger partial charge in [0.2, 0.25) is 0 Å². The average molecular weight is 271 g/mol. The topological polar surface area (TPSA) is 56.5 Å². The molecule has 19 heavy (non-hydrogen) atoms. The Labute approximate surface area is 115 Å². The van der Waals surface area contributed by atoms with E-state index in [4.69, 9.17) is 0 Å². The molecule has 3 heterocycles. The summed E-state index contributed by atoms with van der Waals surface area (Å²) >= 11 is 1.73. The van der Waals surface area contributed by atoms with Gasteiger partial charge in [-0.05, 0) is 24.6 Å². The molecular weight excluding hydrogens is 258 g/mol. The zero-order chi connectivity index (χ0) is 13.1. The van der Waals surface area contributed by atoms with Crippen molar-refractivity contribution in [1.29, 1.82) is 0 Å². The van der Waals surface area contributed by atoms with E-state index in [2.05, 4.69) is 27.2 Å². The predicted octanol–water partition coefficient (Wildman–Crippen LogP) is 2.08. The van der Waals surface area contributed by atoms with Crippen LogP contribution in [0.5, 0.6) is 0 Å². The molecule has 0 aliphatic rings. The van der Waals surface area contributed by atoms with Gasteiger partial charge in [0.15, 0.2) is 0 Å². The van der Waals surface area contributed by atoms with Crippen LogP contribution in [-0.2, 0) is 13.0 Å². The summed E-state index contributed by atoms with van der Waals surface area (Å²) in [6.45, 7) is 2.71. The van der Waals surface area contributed by atoms with Crippen LogP contribution in [0.25, 0.3) is 0 Å². The van der Waals surface area contributed by atoms with Gasteiger partial charge >= 0.3 is 0 Å². The number of aromatic nitrogens is 5. The lowest BCUT2D eigenvalue weighted by molar-refractivity contribution is 0.662. The summed E-state index contributed by atoms with van der Waals surface area (Å²) in [5.41, 5.74) is 2.07. The van der Waals surface area contributed by atoms with Crippen LogP contribution in [0, 0.1) is 6.92 Å². The number of thiazole rings is 1. The number of aryl methyl sites for hydroxylation is 1. The summed E-state index contributed by atoms with van der Waals surface area (Å²) in [4.78, 5) is 5.60. The highest BCUT2D eigenvalue weighted by Gasteiger charge is 2.04. The monoisotopic (exact) mass is 271 g/mol. The molecule has 0 bridgehead atoms. The van der Waals surface area contributed by atoms with Crippen LogP contribution < -0.4 is 0 Å². The highest BCUT2D eigenvalue weighted by molar-refractivity contribution is 7.11. The van der Waals surface area contributed by atoms with Crippen molar-refractivity contribution in [3.8, 4) is 0 Å². The van der Waals surface area contributed by atoms with Gasteiger partial charge in [-0.3, -0.25) is 4.68 Å². The number of hydrogen-bond acceptors (Lipinski definition) is 5. The van der Waals surface area contributed by atoms with Gasteiger partial charge in [0.25, 0.3) is 0 Å². The van der Waals surface area contributed by atoms with Crippen molar-refractivity contribution in [2.24, 2.45) is 0 Å². The van der Waals surface area contributed by atoms with Gasteiger partial charge in [-0.1, -0.05) is 0 Å². The van der Waals surface area contributed by atoms with E-state index < -0.39 is 0 Å². The SMILES string of the molecule is Cc1cnc(Cc2cnn(Cc3cccnn3)c2)s1. The fraction of sp³-hybridized carbons (Fsp3) is 0.231. The molecule has 96 valence electrons. The summed E-state index contributed by atoms with van der Waals surface area (Å²) < 4.78 is 1.87. The Morgan fingerprint density at radius 3 is 3.00 bits per heavy atom. The highest BCUT2D eigenvalue weighted by Crippen LogP contribution is 2.15. The van der Waals surface area contributed by atoms with Crippen LogP contribution in [0.2, 0.25) is 0 Å². The number of rotatable bonds is 4. The first-order valence-corrected chi connectivity index (χ1v) is 6.80. The minimum absolute atomic E-state index is 0.644. The number of hydrogen-bond donors (Lipinski definition) is 0. The maximum atomic E-state index is 4.36. The van der Waals surface area contributed by atoms with Crippen LogP contribution in [0.1, 0.15) is 21.1 Å². The standard InChI is InChI=1S/C13H13N5S/c1-10-6-14-13(19-10)5-11-7-16-18(8-11)9-12-3-2-4-15-17-12/h2-4,6-8H,5,9H2,1H3. The van der Waals surface area contributed by atoms with Gasteiger partial charge in [0, 0.05) is 29.9 Å². The molecule has 0 aliphatic carbocycles. The molecule has 0 radical (unpaired) electrons. The fourth-order valence-electron chi connectivity index (χ4n) is 1.83. The Hall–Kier alpha value is -2.08. The second-order valence-corrected chi connectivity index (χ2v) is 5.62. The Morgan fingerprint density at radius 1 is 1.32 bits per heavy atom. The van der Waals surface area contributed by atoms with E-state index in [1.54, 1.807) is 17.5 Å². The van der Waals surface area contributed by atoms with Crippen molar-refractivity contribution in [2.45, 2.75) is 19.9 Å². The molecule has 0 spiro atoms. The summed E-state index contributed by atoms with van der Waals surface area (Å²) in [5.74, 6) is 0. The smallest absolute Gasteiger partial charge is 0.0972 e. The molecular formula is C13H13N5S. The van der Waals surface area contributed by atoms with Crippen molar-refractivity contribution < 1.29 is 0 Å². The molecule has 0 saturated carbocycles. The summed E-state index contributed by atoms with van der Waals surface area (Å²) in [6.07, 6.45) is 8.32. The van der Waals surface area contributed by atoms with E-state index in [9.17, 15) is 0 Å². The molecule has 0 amide bonds. The fourth-order valence-corrected chi connectivity index (χ4v) is 2.65. The molecule has 6 heteroatoms. The van der Waals surface area contributed by atoms with Gasteiger partial charge in [-0.15, -0.1) is 11.3 Å². The molecule has 3 aromatic rings. The van der Waals surface area contributed by atoms with Crippen molar-refractivity contribution in [2.75, 3.05) is 0 Å². The first-order chi connectivity index (χ1) is 9.29. The number of nitrogens with zero attached hydrogens (tertiary/aromatic N) is 5. The lowest BCUT2D eigenvalue weighted by Gasteiger charge is -1.98. The summed E-state index contributed by atoms with van der Waals surface area (Å²) in [5, 5.41) is 13.4. The van der Waals surface area contributed by atoms with E-state index in [0.717, 1.165) is 17.1 Å². The van der Waals surface area contributed by atoms with Gasteiger partial charge in [0.05, 0.1) is 23.4 Å². The first-order valence-electron chi connectivity index (χ1n) is 5.99. The molecule has 3 rings (SSSR count). The first kappa shape index (κ1) is 12.0. The predicted molar refractivity (Wildman–Crippen MR) is 73.0 cm³/mol. The Bertz CT molecular complexity index is 658. The third-order valence-electron chi connectivity index (χ3n) is 2.66. The lowest BCUT2D eigenvalue weighted by Crippen LogP contribution is -2.02. The van der Waals surface area contributed by atoms with Gasteiger partial charge in [0.1, 0.15) is 0 Å². The zero-order valence-electron chi connectivity index (χ0n) is 10.5.